The third-order valence-electron chi connectivity index (χ3n) is 5.30. The molecule has 1 aliphatic rings. The van der Waals surface area contributed by atoms with Crippen molar-refractivity contribution in [1.82, 2.24) is 14.6 Å². The average Bonchev–Trinajstić information content (AvgIpc) is 3.10. The van der Waals surface area contributed by atoms with E-state index in [1.807, 2.05) is 42.6 Å². The van der Waals surface area contributed by atoms with E-state index in [0.717, 1.165) is 28.8 Å². The maximum Gasteiger partial charge on any atom is 0.319 e. The van der Waals surface area contributed by atoms with Crippen molar-refractivity contribution in [2.45, 2.75) is 19.4 Å². The molecule has 3 N–H and O–H groups in total. The quantitative estimate of drug-likeness (QED) is 0.601. The second kappa shape index (κ2) is 7.88. The molecule has 0 unspecified atom stereocenters. The molecule has 2 aromatic carbocycles. The fraction of sp³-hybridized carbons (Fsp3) is 0.286. The number of aromatic amines is 1. The van der Waals surface area contributed by atoms with Crippen molar-refractivity contribution in [3.63, 3.8) is 0 Å². The van der Waals surface area contributed by atoms with Crippen LogP contribution in [0.1, 0.15) is 16.7 Å². The highest BCUT2D eigenvalue weighted by atomic mass is 32.2. The van der Waals surface area contributed by atoms with Crippen LogP contribution in [0, 0.1) is 0 Å². The molecular weight excluding hydrogens is 388 g/mol. The topological polar surface area (TPSA) is 94.3 Å². The molecule has 0 radical (unpaired) electrons. The summed E-state index contributed by atoms with van der Waals surface area (Å²) in [6, 6.07) is 13.4. The van der Waals surface area contributed by atoms with E-state index in [2.05, 4.69) is 21.7 Å². The van der Waals surface area contributed by atoms with Crippen LogP contribution in [0.5, 0.6) is 0 Å². The van der Waals surface area contributed by atoms with Crippen molar-refractivity contribution < 1.29 is 13.2 Å². The monoisotopic (exact) mass is 412 g/mol. The lowest BCUT2D eigenvalue weighted by molar-refractivity contribution is 0.252. The molecule has 152 valence electrons. The standard InChI is InChI=1S/C21H24N4O3S/c1-29(27,28)25-12-10-18-16(14-25)5-4-8-20(18)24-21(26)22-11-9-15-13-23-19-7-3-2-6-17(15)19/h2-8,13,23H,9-12,14H2,1H3,(H2,22,24,26). The number of H-pyrrole nitrogens is 1. The first-order valence-electron chi connectivity index (χ1n) is 9.57. The minimum atomic E-state index is -3.22. The van der Waals surface area contributed by atoms with Gasteiger partial charge in [-0.15, -0.1) is 0 Å². The minimum absolute atomic E-state index is 0.260. The molecule has 29 heavy (non-hydrogen) atoms. The van der Waals surface area contributed by atoms with Crippen LogP contribution in [0.3, 0.4) is 0 Å². The fourth-order valence-corrected chi connectivity index (χ4v) is 4.60. The minimum Gasteiger partial charge on any atom is -0.361 e. The first-order valence-corrected chi connectivity index (χ1v) is 11.4. The summed E-state index contributed by atoms with van der Waals surface area (Å²) in [4.78, 5) is 15.6. The van der Waals surface area contributed by atoms with Crippen LogP contribution < -0.4 is 10.6 Å². The molecule has 2 amide bonds. The number of urea groups is 1. The number of anilines is 1. The first-order chi connectivity index (χ1) is 13.9. The molecule has 8 heteroatoms. The van der Waals surface area contributed by atoms with Crippen LogP contribution in [0.25, 0.3) is 10.9 Å². The van der Waals surface area contributed by atoms with Gasteiger partial charge in [0, 0.05) is 42.4 Å². The average molecular weight is 413 g/mol. The van der Waals surface area contributed by atoms with E-state index in [1.54, 1.807) is 0 Å². The number of aromatic nitrogens is 1. The molecule has 0 aliphatic carbocycles. The molecule has 0 fully saturated rings. The van der Waals surface area contributed by atoms with Gasteiger partial charge in [0.15, 0.2) is 0 Å². The van der Waals surface area contributed by atoms with Gasteiger partial charge in [0.2, 0.25) is 10.0 Å². The number of amides is 2. The Morgan fingerprint density at radius 2 is 2.00 bits per heavy atom. The van der Waals surface area contributed by atoms with Crippen LogP contribution in [0.15, 0.2) is 48.7 Å². The summed E-state index contributed by atoms with van der Waals surface area (Å²) in [7, 11) is -3.22. The van der Waals surface area contributed by atoms with Crippen LogP contribution in [0.2, 0.25) is 0 Å². The molecule has 0 bridgehead atoms. The summed E-state index contributed by atoms with van der Waals surface area (Å²) in [5.74, 6) is 0. The lowest BCUT2D eigenvalue weighted by Gasteiger charge is -2.28. The normalized spacial score (nSPS) is 14.5. The Balaban J connectivity index is 1.37. The maximum absolute atomic E-state index is 12.4. The highest BCUT2D eigenvalue weighted by Crippen LogP contribution is 2.27. The number of sulfonamides is 1. The molecule has 0 atom stereocenters. The van der Waals surface area contributed by atoms with Crippen LogP contribution >= 0.6 is 0 Å². The zero-order valence-electron chi connectivity index (χ0n) is 16.2. The molecule has 2 heterocycles. The second-order valence-corrected chi connectivity index (χ2v) is 9.26. The number of hydrogen-bond donors (Lipinski definition) is 3. The summed E-state index contributed by atoms with van der Waals surface area (Å²) in [6.45, 7) is 1.28. The number of fused-ring (bicyclic) bond motifs is 2. The van der Waals surface area contributed by atoms with Gasteiger partial charge < -0.3 is 15.6 Å². The van der Waals surface area contributed by atoms with Crippen LogP contribution in [0.4, 0.5) is 10.5 Å². The summed E-state index contributed by atoms with van der Waals surface area (Å²) in [5.41, 5.74) is 4.92. The summed E-state index contributed by atoms with van der Waals surface area (Å²) < 4.78 is 25.1. The van der Waals surface area contributed by atoms with E-state index in [4.69, 9.17) is 0 Å². The molecular formula is C21H24N4O3S. The predicted molar refractivity (Wildman–Crippen MR) is 114 cm³/mol. The second-order valence-electron chi connectivity index (χ2n) is 7.28. The van der Waals surface area contributed by atoms with E-state index < -0.39 is 10.0 Å². The van der Waals surface area contributed by atoms with E-state index in [1.165, 1.54) is 21.5 Å². The highest BCUT2D eigenvalue weighted by Gasteiger charge is 2.24. The lowest BCUT2D eigenvalue weighted by Crippen LogP contribution is -2.36. The fourth-order valence-electron chi connectivity index (χ4n) is 3.80. The van der Waals surface area contributed by atoms with Gasteiger partial charge in [0.05, 0.1) is 6.26 Å². The number of carbonyl (C=O) groups is 1. The number of rotatable bonds is 5. The molecule has 0 spiro atoms. The number of nitrogens with one attached hydrogen (secondary N) is 3. The van der Waals surface area contributed by atoms with Crippen molar-refractivity contribution in [3.8, 4) is 0 Å². The molecule has 0 saturated carbocycles. The third kappa shape index (κ3) is 4.28. The predicted octanol–water partition coefficient (Wildman–Crippen LogP) is 2.85. The molecule has 4 rings (SSSR count). The van der Waals surface area contributed by atoms with Crippen molar-refractivity contribution in [2.75, 3.05) is 24.7 Å². The van der Waals surface area contributed by atoms with Gasteiger partial charge >= 0.3 is 6.03 Å². The van der Waals surface area contributed by atoms with Crippen molar-refractivity contribution in [2.24, 2.45) is 0 Å². The molecule has 7 nitrogen and oxygen atoms in total. The van der Waals surface area contributed by atoms with Crippen LogP contribution in [-0.4, -0.2) is 43.1 Å². The number of nitrogens with zero attached hydrogens (tertiary/aromatic N) is 1. The Morgan fingerprint density at radius 1 is 1.17 bits per heavy atom. The molecule has 1 aliphatic heterocycles. The molecule has 0 saturated heterocycles. The largest absolute Gasteiger partial charge is 0.361 e. The molecule has 3 aromatic rings. The summed E-state index contributed by atoms with van der Waals surface area (Å²) in [6.07, 6.45) is 4.51. The Labute approximate surface area is 170 Å². The van der Waals surface area contributed by atoms with Crippen LogP contribution in [-0.2, 0) is 29.4 Å². The van der Waals surface area contributed by atoms with E-state index in [-0.39, 0.29) is 6.03 Å². The first kappa shape index (κ1) is 19.5. The van der Waals surface area contributed by atoms with Crippen molar-refractivity contribution in [1.29, 1.82) is 0 Å². The van der Waals surface area contributed by atoms with Gasteiger partial charge in [-0.05, 0) is 41.7 Å². The zero-order valence-corrected chi connectivity index (χ0v) is 17.1. The SMILES string of the molecule is CS(=O)(=O)N1CCc2c(cccc2NC(=O)NCCc2c[nH]c3ccccc23)C1. The van der Waals surface area contributed by atoms with Gasteiger partial charge in [-0.2, -0.15) is 4.31 Å². The molecule has 1 aromatic heterocycles. The number of hydrogen-bond acceptors (Lipinski definition) is 3. The smallest absolute Gasteiger partial charge is 0.319 e. The van der Waals surface area contributed by atoms with Crippen molar-refractivity contribution >= 4 is 32.6 Å². The van der Waals surface area contributed by atoms with Crippen molar-refractivity contribution in [3.05, 3.63) is 65.4 Å². The van der Waals surface area contributed by atoms with Gasteiger partial charge in [0.25, 0.3) is 0 Å². The Hall–Kier alpha value is -2.84. The maximum atomic E-state index is 12.4. The van der Waals surface area contributed by atoms with E-state index >= 15 is 0 Å². The Bertz CT molecular complexity index is 1150. The van der Waals surface area contributed by atoms with Gasteiger partial charge in [-0.25, -0.2) is 13.2 Å². The summed E-state index contributed by atoms with van der Waals surface area (Å²) >= 11 is 0. The number of para-hydroxylation sites is 1. The lowest BCUT2D eigenvalue weighted by atomic mass is 9.99. The Morgan fingerprint density at radius 3 is 2.83 bits per heavy atom. The number of benzene rings is 2. The summed E-state index contributed by atoms with van der Waals surface area (Å²) in [5, 5.41) is 6.99. The van der Waals surface area contributed by atoms with Gasteiger partial charge in [-0.3, -0.25) is 0 Å². The number of carbonyl (C=O) groups excluding carboxylic acids is 1. The van der Waals surface area contributed by atoms with Gasteiger partial charge in [0.1, 0.15) is 0 Å². The van der Waals surface area contributed by atoms with Gasteiger partial charge in [-0.1, -0.05) is 30.3 Å². The van der Waals surface area contributed by atoms with E-state index in [9.17, 15) is 13.2 Å². The van der Waals surface area contributed by atoms with E-state index in [0.29, 0.717) is 26.1 Å². The Kier molecular flexibility index (Phi) is 5.29. The third-order valence-corrected chi connectivity index (χ3v) is 6.55. The zero-order chi connectivity index (χ0) is 20.4. The highest BCUT2D eigenvalue weighted by molar-refractivity contribution is 7.88.